The number of hydrogen-bond donors (Lipinski definition) is 4. The predicted molar refractivity (Wildman–Crippen MR) is 98.7 cm³/mol. The Balaban J connectivity index is 1.69. The topological polar surface area (TPSA) is 135 Å². The van der Waals surface area contributed by atoms with Crippen LogP contribution in [0.4, 0.5) is 5.82 Å². The van der Waals surface area contributed by atoms with Crippen LogP contribution in [0.2, 0.25) is 0 Å². The normalized spacial score (nSPS) is 24.6. The van der Waals surface area contributed by atoms with Gasteiger partial charge in [0, 0.05) is 6.54 Å². The maximum atomic E-state index is 10.3. The summed E-state index contributed by atoms with van der Waals surface area (Å²) in [5.74, 6) is 0.469. The summed E-state index contributed by atoms with van der Waals surface area (Å²) in [5, 5.41) is 32.9. The van der Waals surface area contributed by atoms with Gasteiger partial charge in [-0.3, -0.25) is 4.57 Å². The molecule has 1 saturated heterocycles. The minimum absolute atomic E-state index is 0.122. The summed E-state index contributed by atoms with van der Waals surface area (Å²) in [6.07, 6.45) is -2.84. The molecule has 0 radical (unpaired) electrons. The zero-order chi connectivity index (χ0) is 19.7. The number of rotatable bonds is 6. The Kier molecular flexibility index (Phi) is 5.09. The Labute approximate surface area is 160 Å². The highest BCUT2D eigenvalue weighted by molar-refractivity contribution is 5.83. The molecule has 0 unspecified atom stereocenters. The fourth-order valence-corrected chi connectivity index (χ4v) is 3.19. The minimum atomic E-state index is -1.24. The SMILES string of the molecule is COc1nc(NCc2ccccc2)c2ncn([C@@H]3O[C@H](CO)[C@@H](O)[C@H]3O)c2n1. The van der Waals surface area contributed by atoms with Gasteiger partial charge in [0.2, 0.25) is 0 Å². The van der Waals surface area contributed by atoms with E-state index in [9.17, 15) is 15.3 Å². The number of imidazole rings is 1. The predicted octanol–water partition coefficient (Wildman–Crippen LogP) is 0.0585. The number of fused-ring (bicyclic) bond motifs is 1. The van der Waals surface area contributed by atoms with Gasteiger partial charge in [0.25, 0.3) is 0 Å². The monoisotopic (exact) mass is 387 g/mol. The number of ether oxygens (including phenoxy) is 2. The Morgan fingerprint density at radius 3 is 2.64 bits per heavy atom. The van der Waals surface area contributed by atoms with E-state index in [-0.39, 0.29) is 6.01 Å². The first-order valence-corrected chi connectivity index (χ1v) is 8.81. The van der Waals surface area contributed by atoms with Crippen molar-refractivity contribution in [2.24, 2.45) is 0 Å². The lowest BCUT2D eigenvalue weighted by molar-refractivity contribution is -0.0511. The molecular formula is C18H21N5O5. The summed E-state index contributed by atoms with van der Waals surface area (Å²) < 4.78 is 12.3. The number of methoxy groups -OCH3 is 1. The molecule has 1 aliphatic rings. The molecule has 0 aliphatic carbocycles. The number of hydrogen-bond acceptors (Lipinski definition) is 9. The van der Waals surface area contributed by atoms with E-state index in [1.54, 1.807) is 0 Å². The highest BCUT2D eigenvalue weighted by atomic mass is 16.6. The molecule has 4 N–H and O–H groups in total. The van der Waals surface area contributed by atoms with Crippen LogP contribution in [-0.4, -0.2) is 66.9 Å². The van der Waals surface area contributed by atoms with Crippen molar-refractivity contribution in [3.05, 3.63) is 42.2 Å². The van der Waals surface area contributed by atoms with Crippen LogP contribution in [0.3, 0.4) is 0 Å². The van der Waals surface area contributed by atoms with Crippen molar-refractivity contribution in [1.29, 1.82) is 0 Å². The highest BCUT2D eigenvalue weighted by Crippen LogP contribution is 2.33. The maximum Gasteiger partial charge on any atom is 0.320 e. The second kappa shape index (κ2) is 7.68. The first-order chi connectivity index (χ1) is 13.6. The van der Waals surface area contributed by atoms with Crippen LogP contribution in [0.15, 0.2) is 36.7 Å². The van der Waals surface area contributed by atoms with Crippen molar-refractivity contribution in [3.63, 3.8) is 0 Å². The van der Waals surface area contributed by atoms with Gasteiger partial charge in [-0.05, 0) is 5.56 Å². The molecule has 3 aromatic rings. The zero-order valence-corrected chi connectivity index (χ0v) is 15.1. The van der Waals surface area contributed by atoms with Gasteiger partial charge < -0.3 is 30.1 Å². The molecule has 0 saturated carbocycles. The standard InChI is InChI=1S/C18H21N5O5/c1-27-18-21-15(19-7-10-5-3-2-4-6-10)12-16(22-18)23(9-20-12)17-14(26)13(25)11(8-24)28-17/h2-6,9,11,13-14,17,24-26H,7-8H2,1H3,(H,19,21,22)/t11-,13-,14-,17-/m1/s1. The molecular weight excluding hydrogens is 366 g/mol. The van der Waals surface area contributed by atoms with Crippen LogP contribution in [0, 0.1) is 0 Å². The molecule has 0 spiro atoms. The van der Waals surface area contributed by atoms with Gasteiger partial charge in [-0.15, -0.1) is 0 Å². The molecule has 148 valence electrons. The molecule has 0 amide bonds. The minimum Gasteiger partial charge on any atom is -0.467 e. The lowest BCUT2D eigenvalue weighted by atomic mass is 10.1. The lowest BCUT2D eigenvalue weighted by Gasteiger charge is -2.17. The number of aromatic nitrogens is 4. The van der Waals surface area contributed by atoms with E-state index in [0.717, 1.165) is 5.56 Å². The maximum absolute atomic E-state index is 10.3. The van der Waals surface area contributed by atoms with Crippen LogP contribution in [0.1, 0.15) is 11.8 Å². The van der Waals surface area contributed by atoms with Crippen molar-refractivity contribution in [3.8, 4) is 6.01 Å². The van der Waals surface area contributed by atoms with Crippen LogP contribution in [0.5, 0.6) is 6.01 Å². The second-order valence-electron chi connectivity index (χ2n) is 6.45. The van der Waals surface area contributed by atoms with E-state index in [1.165, 1.54) is 18.0 Å². The van der Waals surface area contributed by atoms with Gasteiger partial charge in [0.1, 0.15) is 18.3 Å². The molecule has 4 rings (SSSR count). The number of anilines is 1. The fourth-order valence-electron chi connectivity index (χ4n) is 3.19. The van der Waals surface area contributed by atoms with Crippen molar-refractivity contribution in [2.45, 2.75) is 31.1 Å². The number of aliphatic hydroxyl groups excluding tert-OH is 3. The molecule has 0 bridgehead atoms. The van der Waals surface area contributed by atoms with Gasteiger partial charge in [-0.2, -0.15) is 9.97 Å². The summed E-state index contributed by atoms with van der Waals surface area (Å²) in [4.78, 5) is 13.0. The van der Waals surface area contributed by atoms with Crippen LogP contribution in [0.25, 0.3) is 11.2 Å². The molecule has 1 aliphatic heterocycles. The highest BCUT2D eigenvalue weighted by Gasteiger charge is 2.44. The average Bonchev–Trinajstić information content (AvgIpc) is 3.28. The van der Waals surface area contributed by atoms with Gasteiger partial charge in [-0.25, -0.2) is 4.98 Å². The third kappa shape index (κ3) is 3.27. The summed E-state index contributed by atoms with van der Waals surface area (Å²) in [7, 11) is 1.45. The van der Waals surface area contributed by atoms with E-state index in [0.29, 0.717) is 23.5 Å². The molecule has 10 heteroatoms. The number of benzene rings is 1. The van der Waals surface area contributed by atoms with E-state index < -0.39 is 31.1 Å². The van der Waals surface area contributed by atoms with E-state index >= 15 is 0 Å². The van der Waals surface area contributed by atoms with Crippen molar-refractivity contribution < 1.29 is 24.8 Å². The van der Waals surface area contributed by atoms with Gasteiger partial charge in [0.15, 0.2) is 23.2 Å². The first kappa shape index (κ1) is 18.6. The second-order valence-corrected chi connectivity index (χ2v) is 6.45. The van der Waals surface area contributed by atoms with Crippen LogP contribution in [-0.2, 0) is 11.3 Å². The number of nitrogens with one attached hydrogen (secondary N) is 1. The fraction of sp³-hybridized carbons (Fsp3) is 0.389. The van der Waals surface area contributed by atoms with Gasteiger partial charge >= 0.3 is 6.01 Å². The van der Waals surface area contributed by atoms with Crippen LogP contribution < -0.4 is 10.1 Å². The summed E-state index contributed by atoms with van der Waals surface area (Å²) in [6.45, 7) is 0.111. The van der Waals surface area contributed by atoms with Crippen molar-refractivity contribution in [1.82, 2.24) is 19.5 Å². The Morgan fingerprint density at radius 2 is 1.96 bits per heavy atom. The largest absolute Gasteiger partial charge is 0.467 e. The lowest BCUT2D eigenvalue weighted by Crippen LogP contribution is -2.33. The summed E-state index contributed by atoms with van der Waals surface area (Å²) >= 11 is 0. The van der Waals surface area contributed by atoms with Crippen molar-refractivity contribution >= 4 is 17.0 Å². The van der Waals surface area contributed by atoms with Gasteiger partial charge in [-0.1, -0.05) is 30.3 Å². The van der Waals surface area contributed by atoms with E-state index in [1.807, 2.05) is 30.3 Å². The van der Waals surface area contributed by atoms with E-state index in [2.05, 4.69) is 20.3 Å². The zero-order valence-electron chi connectivity index (χ0n) is 15.1. The summed E-state index contributed by atoms with van der Waals surface area (Å²) in [6, 6.07) is 9.93. The molecule has 28 heavy (non-hydrogen) atoms. The van der Waals surface area contributed by atoms with Gasteiger partial charge in [0.05, 0.1) is 20.0 Å². The molecule has 3 heterocycles. The number of nitrogens with zero attached hydrogens (tertiary/aromatic N) is 4. The smallest absolute Gasteiger partial charge is 0.320 e. The molecule has 10 nitrogen and oxygen atoms in total. The Morgan fingerprint density at radius 1 is 1.18 bits per heavy atom. The Bertz CT molecular complexity index is 950. The number of aliphatic hydroxyl groups is 3. The molecule has 1 fully saturated rings. The quantitative estimate of drug-likeness (QED) is 0.463. The van der Waals surface area contributed by atoms with Crippen molar-refractivity contribution in [2.75, 3.05) is 19.0 Å². The average molecular weight is 387 g/mol. The summed E-state index contributed by atoms with van der Waals surface area (Å²) in [5.41, 5.74) is 1.91. The molecule has 2 aromatic heterocycles. The molecule has 1 aromatic carbocycles. The Hall–Kier alpha value is -2.79. The molecule has 4 atom stereocenters. The van der Waals surface area contributed by atoms with E-state index in [4.69, 9.17) is 9.47 Å². The third-order valence-electron chi connectivity index (χ3n) is 4.68. The first-order valence-electron chi connectivity index (χ1n) is 8.81. The third-order valence-corrected chi connectivity index (χ3v) is 4.68. The van der Waals surface area contributed by atoms with Crippen LogP contribution >= 0.6 is 0 Å².